The van der Waals surface area contributed by atoms with E-state index < -0.39 is 0 Å². The molecule has 2 fully saturated rings. The molecule has 0 saturated carbocycles. The van der Waals surface area contributed by atoms with Crippen molar-refractivity contribution in [1.29, 1.82) is 0 Å². The van der Waals surface area contributed by atoms with Gasteiger partial charge < -0.3 is 9.80 Å². The first-order chi connectivity index (χ1) is 14.1. The molecule has 2 heterocycles. The van der Waals surface area contributed by atoms with Crippen molar-refractivity contribution in [3.8, 4) is 0 Å². The molecule has 2 aromatic rings. The molecular weight excluding hydrogens is 360 g/mol. The molecule has 29 heavy (non-hydrogen) atoms. The maximum Gasteiger partial charge on any atom is 0.254 e. The third-order valence-corrected chi connectivity index (χ3v) is 6.48. The zero-order chi connectivity index (χ0) is 20.2. The Morgan fingerprint density at radius 1 is 0.897 bits per heavy atom. The number of fused-ring (bicyclic) bond motifs is 1. The summed E-state index contributed by atoms with van der Waals surface area (Å²) in [4.78, 5) is 30.2. The Morgan fingerprint density at radius 2 is 1.59 bits per heavy atom. The molecule has 2 saturated heterocycles. The van der Waals surface area contributed by atoms with Crippen molar-refractivity contribution in [3.05, 3.63) is 71.8 Å². The van der Waals surface area contributed by atoms with Gasteiger partial charge in [-0.25, -0.2) is 0 Å². The summed E-state index contributed by atoms with van der Waals surface area (Å²) >= 11 is 0. The number of rotatable bonds is 3. The van der Waals surface area contributed by atoms with Gasteiger partial charge in [-0.2, -0.15) is 0 Å². The van der Waals surface area contributed by atoms with Crippen LogP contribution in [0.15, 0.2) is 60.7 Å². The van der Waals surface area contributed by atoms with E-state index in [9.17, 15) is 9.59 Å². The highest BCUT2D eigenvalue weighted by Crippen LogP contribution is 2.36. The van der Waals surface area contributed by atoms with Crippen molar-refractivity contribution in [1.82, 2.24) is 9.80 Å². The van der Waals surface area contributed by atoms with Gasteiger partial charge in [-0.3, -0.25) is 9.59 Å². The lowest BCUT2D eigenvalue weighted by atomic mass is 9.96. The average Bonchev–Trinajstić information content (AvgIpc) is 3.05. The normalized spacial score (nSPS) is 24.5. The molecule has 4 rings (SSSR count). The summed E-state index contributed by atoms with van der Waals surface area (Å²) in [5.74, 6) is 0.234. The lowest BCUT2D eigenvalue weighted by molar-refractivity contribution is -0.132. The topological polar surface area (TPSA) is 40.6 Å². The van der Waals surface area contributed by atoms with Crippen LogP contribution in [0.25, 0.3) is 0 Å². The van der Waals surface area contributed by atoms with Crippen molar-refractivity contribution in [2.75, 3.05) is 6.54 Å². The Bertz CT molecular complexity index is 836. The highest BCUT2D eigenvalue weighted by molar-refractivity contribution is 5.95. The summed E-state index contributed by atoms with van der Waals surface area (Å²) in [7, 11) is 0. The lowest BCUT2D eigenvalue weighted by Crippen LogP contribution is -2.50. The van der Waals surface area contributed by atoms with Crippen LogP contribution in [0.4, 0.5) is 0 Å². The van der Waals surface area contributed by atoms with Gasteiger partial charge >= 0.3 is 0 Å². The summed E-state index contributed by atoms with van der Waals surface area (Å²) in [5.41, 5.74) is 1.98. The minimum atomic E-state index is 0.0978. The Hall–Kier alpha value is -2.62. The van der Waals surface area contributed by atoms with Crippen LogP contribution < -0.4 is 0 Å². The molecule has 0 aliphatic carbocycles. The second kappa shape index (κ2) is 8.81. The molecule has 2 aromatic carbocycles. The van der Waals surface area contributed by atoms with Gasteiger partial charge in [0.15, 0.2) is 0 Å². The third-order valence-electron chi connectivity index (χ3n) is 6.48. The van der Waals surface area contributed by atoms with E-state index >= 15 is 0 Å². The summed E-state index contributed by atoms with van der Waals surface area (Å²) in [6.07, 6.45) is 5.94. The number of amides is 2. The third kappa shape index (κ3) is 4.21. The van der Waals surface area contributed by atoms with Crippen LogP contribution in [0, 0.1) is 0 Å². The molecule has 4 heteroatoms. The quantitative estimate of drug-likeness (QED) is 0.784. The van der Waals surface area contributed by atoms with E-state index in [0.717, 1.165) is 50.6 Å². The molecule has 2 aliphatic rings. The van der Waals surface area contributed by atoms with Crippen molar-refractivity contribution in [2.24, 2.45) is 0 Å². The molecule has 0 N–H and O–H groups in total. The monoisotopic (exact) mass is 390 g/mol. The largest absolute Gasteiger partial charge is 0.338 e. The van der Waals surface area contributed by atoms with Crippen LogP contribution in [0.2, 0.25) is 0 Å². The average molecular weight is 391 g/mol. The number of nitrogens with zero attached hydrogens (tertiary/aromatic N) is 2. The zero-order valence-electron chi connectivity index (χ0n) is 17.2. The van der Waals surface area contributed by atoms with E-state index in [1.54, 1.807) is 6.92 Å². The fourth-order valence-electron chi connectivity index (χ4n) is 5.16. The van der Waals surface area contributed by atoms with E-state index in [-0.39, 0.29) is 29.9 Å². The number of benzene rings is 2. The van der Waals surface area contributed by atoms with Crippen molar-refractivity contribution < 1.29 is 9.59 Å². The number of carbonyl (C=O) groups is 2. The molecule has 152 valence electrons. The SMILES string of the molecule is CC(=O)N1CCCCC[C@@H]2[C@@H]1C[C@@H](Cc1ccccc1)N2C(=O)c1ccccc1. The molecule has 2 aliphatic heterocycles. The predicted octanol–water partition coefficient (Wildman–Crippen LogP) is 4.30. The molecule has 3 atom stereocenters. The lowest BCUT2D eigenvalue weighted by Gasteiger charge is -2.37. The van der Waals surface area contributed by atoms with Gasteiger partial charge in [-0.1, -0.05) is 61.4 Å². The smallest absolute Gasteiger partial charge is 0.254 e. The van der Waals surface area contributed by atoms with Gasteiger partial charge in [0.2, 0.25) is 5.91 Å². The molecule has 0 spiro atoms. The molecule has 0 unspecified atom stereocenters. The van der Waals surface area contributed by atoms with Gasteiger partial charge in [-0.15, -0.1) is 0 Å². The Kier molecular flexibility index (Phi) is 5.98. The number of carbonyl (C=O) groups excluding carboxylic acids is 2. The van der Waals surface area contributed by atoms with E-state index in [0.29, 0.717) is 0 Å². The van der Waals surface area contributed by atoms with Crippen molar-refractivity contribution in [3.63, 3.8) is 0 Å². The first-order valence-electron chi connectivity index (χ1n) is 10.8. The minimum Gasteiger partial charge on any atom is -0.338 e. The van der Waals surface area contributed by atoms with Crippen LogP contribution in [0.3, 0.4) is 0 Å². The Balaban J connectivity index is 1.69. The standard InChI is InChI=1S/C25H30N2O2/c1-19(28)26-16-10-4-9-15-23-24(26)18-22(17-20-11-5-2-6-12-20)27(23)25(29)21-13-7-3-8-14-21/h2-3,5-8,11-14,22-24H,4,9-10,15-18H2,1H3/t22-,23-,24+/m1/s1. The van der Waals surface area contributed by atoms with Crippen LogP contribution >= 0.6 is 0 Å². The van der Waals surface area contributed by atoms with Crippen LogP contribution in [0.5, 0.6) is 0 Å². The van der Waals surface area contributed by atoms with Gasteiger partial charge in [0.05, 0.1) is 12.1 Å². The summed E-state index contributed by atoms with van der Waals surface area (Å²) in [6, 6.07) is 20.3. The fourth-order valence-corrected chi connectivity index (χ4v) is 5.16. The maximum atomic E-state index is 13.6. The molecule has 0 aromatic heterocycles. The highest BCUT2D eigenvalue weighted by atomic mass is 16.2. The predicted molar refractivity (Wildman–Crippen MR) is 115 cm³/mol. The number of hydrogen-bond acceptors (Lipinski definition) is 2. The van der Waals surface area contributed by atoms with Gasteiger partial charge in [-0.05, 0) is 43.4 Å². The second-order valence-corrected chi connectivity index (χ2v) is 8.35. The summed E-state index contributed by atoms with van der Waals surface area (Å²) in [6.45, 7) is 2.48. The fraction of sp³-hybridized carbons (Fsp3) is 0.440. The maximum absolute atomic E-state index is 13.6. The van der Waals surface area contributed by atoms with Gasteiger partial charge in [0, 0.05) is 25.1 Å². The zero-order valence-corrected chi connectivity index (χ0v) is 17.2. The Morgan fingerprint density at radius 3 is 2.28 bits per heavy atom. The summed E-state index contributed by atoms with van der Waals surface area (Å²) in [5, 5.41) is 0. The highest BCUT2D eigenvalue weighted by Gasteiger charge is 2.46. The molecular formula is C25H30N2O2. The molecule has 2 amide bonds. The van der Waals surface area contributed by atoms with Crippen LogP contribution in [-0.4, -0.2) is 46.3 Å². The van der Waals surface area contributed by atoms with E-state index in [1.165, 1.54) is 5.56 Å². The van der Waals surface area contributed by atoms with Crippen molar-refractivity contribution in [2.45, 2.75) is 63.6 Å². The number of hydrogen-bond donors (Lipinski definition) is 0. The molecule has 0 bridgehead atoms. The first kappa shape index (κ1) is 19.7. The first-order valence-corrected chi connectivity index (χ1v) is 10.8. The van der Waals surface area contributed by atoms with Crippen LogP contribution in [-0.2, 0) is 11.2 Å². The van der Waals surface area contributed by atoms with E-state index in [4.69, 9.17) is 0 Å². The molecule has 0 radical (unpaired) electrons. The second-order valence-electron chi connectivity index (χ2n) is 8.35. The van der Waals surface area contributed by atoms with E-state index in [2.05, 4.69) is 29.2 Å². The summed E-state index contributed by atoms with van der Waals surface area (Å²) < 4.78 is 0. The Labute approximate surface area is 173 Å². The molecule has 4 nitrogen and oxygen atoms in total. The van der Waals surface area contributed by atoms with E-state index in [1.807, 2.05) is 41.3 Å². The number of likely N-dealkylation sites (tertiary alicyclic amines) is 2. The van der Waals surface area contributed by atoms with Gasteiger partial charge in [0.1, 0.15) is 0 Å². The van der Waals surface area contributed by atoms with Crippen LogP contribution in [0.1, 0.15) is 54.9 Å². The van der Waals surface area contributed by atoms with Crippen molar-refractivity contribution >= 4 is 11.8 Å². The minimum absolute atomic E-state index is 0.0978. The van der Waals surface area contributed by atoms with Gasteiger partial charge in [0.25, 0.3) is 5.91 Å².